The molecule has 0 atom stereocenters. The summed E-state index contributed by atoms with van der Waals surface area (Å²) in [6, 6.07) is 7.33. The van der Waals surface area contributed by atoms with Crippen molar-refractivity contribution >= 4 is 17.5 Å². The maximum atomic E-state index is 11.7. The first-order valence-electron chi connectivity index (χ1n) is 5.92. The van der Waals surface area contributed by atoms with Crippen LogP contribution in [0.1, 0.15) is 6.42 Å². The number of hydrogen-bond donors (Lipinski definition) is 0. The third-order valence-electron chi connectivity index (χ3n) is 3.04. The van der Waals surface area contributed by atoms with Crippen molar-refractivity contribution in [3.8, 4) is 11.4 Å². The molecule has 96 valence electrons. The third kappa shape index (κ3) is 2.01. The normalized spacial score (nSPS) is 15.3. The summed E-state index contributed by atoms with van der Waals surface area (Å²) in [5.74, 6) is 0.377. The summed E-state index contributed by atoms with van der Waals surface area (Å²) in [4.78, 5) is 28.7. The highest BCUT2D eigenvalue weighted by Gasteiger charge is 2.30. The number of pyridine rings is 1. The lowest BCUT2D eigenvalue weighted by atomic mass is 10.3. The molecule has 19 heavy (non-hydrogen) atoms. The van der Waals surface area contributed by atoms with E-state index in [1.54, 1.807) is 24.0 Å². The average Bonchev–Trinajstić information content (AvgIpc) is 2.93. The molecule has 1 aliphatic rings. The molecule has 1 amide bonds. The van der Waals surface area contributed by atoms with Crippen molar-refractivity contribution in [2.45, 2.75) is 6.42 Å². The molecule has 0 bridgehead atoms. The first kappa shape index (κ1) is 11.6. The van der Waals surface area contributed by atoms with Crippen LogP contribution < -0.4 is 4.90 Å². The van der Waals surface area contributed by atoms with Crippen LogP contribution in [0.25, 0.3) is 11.4 Å². The third-order valence-corrected chi connectivity index (χ3v) is 3.04. The fraction of sp³-hybridized carbons (Fsp3) is 0.231. The number of aryl methyl sites for hydroxylation is 1. The molecule has 0 spiro atoms. The van der Waals surface area contributed by atoms with E-state index < -0.39 is 0 Å². The molecule has 1 fully saturated rings. The quantitative estimate of drug-likeness (QED) is 0.745. The van der Waals surface area contributed by atoms with Crippen molar-refractivity contribution < 1.29 is 9.59 Å². The summed E-state index contributed by atoms with van der Waals surface area (Å²) in [5.41, 5.74) is 1.42. The van der Waals surface area contributed by atoms with E-state index in [-0.39, 0.29) is 24.7 Å². The standard InChI is InChI=1S/C13H12N4O2/c1-16-12(17-8-9(18)6-13(17)19)7-11(15-16)10-4-2-3-5-14-10/h2-5,7H,6,8H2,1H3. The van der Waals surface area contributed by atoms with Gasteiger partial charge in [0.15, 0.2) is 5.78 Å². The largest absolute Gasteiger partial charge is 0.297 e. The highest BCUT2D eigenvalue weighted by atomic mass is 16.2. The first-order valence-corrected chi connectivity index (χ1v) is 5.92. The summed E-state index contributed by atoms with van der Waals surface area (Å²) < 4.78 is 1.60. The lowest BCUT2D eigenvalue weighted by Crippen LogP contribution is -2.26. The van der Waals surface area contributed by atoms with Gasteiger partial charge in [-0.05, 0) is 12.1 Å². The number of amides is 1. The molecule has 0 saturated carbocycles. The molecule has 0 aliphatic carbocycles. The second-order valence-electron chi connectivity index (χ2n) is 4.42. The molecular formula is C13H12N4O2. The molecule has 2 aromatic rings. The highest BCUT2D eigenvalue weighted by molar-refractivity contribution is 6.14. The van der Waals surface area contributed by atoms with Gasteiger partial charge in [0.05, 0.1) is 18.7 Å². The van der Waals surface area contributed by atoms with Gasteiger partial charge in [0.2, 0.25) is 5.91 Å². The molecule has 6 nitrogen and oxygen atoms in total. The van der Waals surface area contributed by atoms with E-state index in [0.29, 0.717) is 11.5 Å². The molecule has 0 N–H and O–H groups in total. The number of ketones is 1. The number of hydrogen-bond acceptors (Lipinski definition) is 4. The second kappa shape index (κ2) is 4.31. The Morgan fingerprint density at radius 2 is 2.05 bits per heavy atom. The van der Waals surface area contributed by atoms with Gasteiger partial charge < -0.3 is 0 Å². The molecule has 1 saturated heterocycles. The number of anilines is 1. The number of Topliss-reactive ketones (excluding diaryl/α,β-unsaturated/α-hetero) is 1. The summed E-state index contributed by atoms with van der Waals surface area (Å²) in [6.07, 6.45) is 1.67. The summed E-state index contributed by atoms with van der Waals surface area (Å²) in [7, 11) is 1.75. The van der Waals surface area contributed by atoms with Gasteiger partial charge in [0.25, 0.3) is 0 Å². The van der Waals surface area contributed by atoms with E-state index in [2.05, 4.69) is 10.1 Å². The van der Waals surface area contributed by atoms with Gasteiger partial charge in [0.1, 0.15) is 11.5 Å². The van der Waals surface area contributed by atoms with E-state index >= 15 is 0 Å². The summed E-state index contributed by atoms with van der Waals surface area (Å²) >= 11 is 0. The van der Waals surface area contributed by atoms with Crippen molar-refractivity contribution in [2.24, 2.45) is 7.05 Å². The topological polar surface area (TPSA) is 68.1 Å². The number of nitrogens with zero attached hydrogens (tertiary/aromatic N) is 4. The van der Waals surface area contributed by atoms with Crippen LogP contribution in [0.5, 0.6) is 0 Å². The molecule has 0 aromatic carbocycles. The van der Waals surface area contributed by atoms with E-state index in [0.717, 1.165) is 5.69 Å². The zero-order valence-electron chi connectivity index (χ0n) is 10.4. The first-order chi connectivity index (χ1) is 9.15. The Labute approximate surface area is 109 Å². The maximum absolute atomic E-state index is 11.7. The van der Waals surface area contributed by atoms with E-state index in [1.807, 2.05) is 18.2 Å². The predicted molar refractivity (Wildman–Crippen MR) is 68.4 cm³/mol. The smallest absolute Gasteiger partial charge is 0.236 e. The maximum Gasteiger partial charge on any atom is 0.236 e. The number of carbonyl (C=O) groups excluding carboxylic acids is 2. The fourth-order valence-corrected chi connectivity index (χ4v) is 2.14. The van der Waals surface area contributed by atoms with Crippen LogP contribution in [0.4, 0.5) is 5.82 Å². The monoisotopic (exact) mass is 256 g/mol. The lowest BCUT2D eigenvalue weighted by Gasteiger charge is -2.13. The number of carbonyl (C=O) groups is 2. The molecular weight excluding hydrogens is 244 g/mol. The molecule has 1 aliphatic heterocycles. The zero-order chi connectivity index (χ0) is 13.4. The van der Waals surface area contributed by atoms with Gasteiger partial charge in [-0.2, -0.15) is 5.10 Å². The Kier molecular flexibility index (Phi) is 2.63. The minimum atomic E-state index is -0.180. The SMILES string of the molecule is Cn1nc(-c2ccccn2)cc1N1CC(=O)CC1=O. The van der Waals surface area contributed by atoms with Crippen molar-refractivity contribution in [3.05, 3.63) is 30.5 Å². The van der Waals surface area contributed by atoms with Gasteiger partial charge in [-0.1, -0.05) is 6.07 Å². The lowest BCUT2D eigenvalue weighted by molar-refractivity contribution is -0.121. The van der Waals surface area contributed by atoms with Gasteiger partial charge in [-0.25, -0.2) is 0 Å². The van der Waals surface area contributed by atoms with Crippen molar-refractivity contribution in [3.63, 3.8) is 0 Å². The van der Waals surface area contributed by atoms with Gasteiger partial charge in [0, 0.05) is 19.3 Å². The average molecular weight is 256 g/mol. The molecule has 3 heterocycles. The molecule has 3 rings (SSSR count). The molecule has 0 radical (unpaired) electrons. The minimum Gasteiger partial charge on any atom is -0.297 e. The molecule has 6 heteroatoms. The fourth-order valence-electron chi connectivity index (χ4n) is 2.14. The Morgan fingerprint density at radius 3 is 2.68 bits per heavy atom. The van der Waals surface area contributed by atoms with Gasteiger partial charge in [-0.15, -0.1) is 0 Å². The summed E-state index contributed by atoms with van der Waals surface area (Å²) in [5, 5.41) is 4.33. The van der Waals surface area contributed by atoms with Crippen LogP contribution in [0.3, 0.4) is 0 Å². The van der Waals surface area contributed by atoms with Crippen LogP contribution in [0, 0.1) is 0 Å². The Bertz CT molecular complexity index is 648. The predicted octanol–water partition coefficient (Wildman–Crippen LogP) is 0.788. The van der Waals surface area contributed by atoms with Crippen molar-refractivity contribution in [1.29, 1.82) is 0 Å². The Balaban J connectivity index is 1.99. The van der Waals surface area contributed by atoms with E-state index in [4.69, 9.17) is 0 Å². The van der Waals surface area contributed by atoms with Crippen LogP contribution in [-0.2, 0) is 16.6 Å². The Hall–Kier alpha value is -2.50. The zero-order valence-corrected chi connectivity index (χ0v) is 10.4. The van der Waals surface area contributed by atoms with Crippen LogP contribution in [-0.4, -0.2) is 33.0 Å². The van der Waals surface area contributed by atoms with Crippen LogP contribution in [0.15, 0.2) is 30.5 Å². The van der Waals surface area contributed by atoms with Crippen molar-refractivity contribution in [2.75, 3.05) is 11.4 Å². The second-order valence-corrected chi connectivity index (χ2v) is 4.42. The highest BCUT2D eigenvalue weighted by Crippen LogP contribution is 2.24. The molecule has 0 unspecified atom stereocenters. The van der Waals surface area contributed by atoms with E-state index in [9.17, 15) is 9.59 Å². The van der Waals surface area contributed by atoms with Crippen molar-refractivity contribution in [1.82, 2.24) is 14.8 Å². The number of rotatable bonds is 2. The van der Waals surface area contributed by atoms with Crippen LogP contribution in [0.2, 0.25) is 0 Å². The minimum absolute atomic E-state index is 0.0237. The Morgan fingerprint density at radius 1 is 1.21 bits per heavy atom. The van der Waals surface area contributed by atoms with Crippen LogP contribution >= 0.6 is 0 Å². The van der Waals surface area contributed by atoms with Gasteiger partial charge in [-0.3, -0.25) is 24.2 Å². The number of aromatic nitrogens is 3. The van der Waals surface area contributed by atoms with Gasteiger partial charge >= 0.3 is 0 Å². The van der Waals surface area contributed by atoms with E-state index in [1.165, 1.54) is 4.90 Å². The summed E-state index contributed by atoms with van der Waals surface area (Å²) in [6.45, 7) is 0.125. The molecule has 2 aromatic heterocycles.